The maximum atomic E-state index is 13.8. The molecule has 4 aromatic rings. The van der Waals surface area contributed by atoms with Crippen molar-refractivity contribution in [3.63, 3.8) is 0 Å². The summed E-state index contributed by atoms with van der Waals surface area (Å²) in [6.45, 7) is 3.71. The van der Waals surface area contributed by atoms with Crippen LogP contribution in [0.15, 0.2) is 48.8 Å². The fourth-order valence-electron chi connectivity index (χ4n) is 3.44. The molecule has 0 aliphatic heterocycles. The van der Waals surface area contributed by atoms with Crippen molar-refractivity contribution in [1.82, 2.24) is 14.5 Å². The molecular formula is C22H19FK31N5O4. The number of fused-ring (bicyclic) bond motifs is 1. The molecule has 2 aromatic carbocycles. The van der Waals surface area contributed by atoms with Crippen molar-refractivity contribution in [3.05, 3.63) is 75.9 Å². The zero-order chi connectivity index (χ0) is 53.4. The van der Waals surface area contributed by atoms with Gasteiger partial charge < -0.3 is 11.3 Å². The standard InChI is InChI=1S/C21H18FN5O2.CO2.31K.H/c1-12-5-4-6-18-20(12)14(11-26(18)3)16-7-8-23-21(24-16)25-17-10-19(27(28)29)15(22)9-13(17)2;2-1-3;;;;;;;;;;;;;;;;;;;;;;;;;;;;;;;;/h4-11H,1-3H3,(H,23,24,25);;;;;;;;;;;;;;;;;;;;;;;;;;;;;;;;;/q;;;;;;;;;;;;;;;;;;;;;;;;;;;;;;;;+1;-1. The van der Waals surface area contributed by atoms with Crippen LogP contribution in [0.4, 0.5) is 21.7 Å². The Bertz CT molecular complexity index is 1430. The molecule has 63 heavy (non-hydrogen) atoms. The van der Waals surface area contributed by atoms with Crippen LogP contribution < -0.4 is 56.7 Å². The topological polar surface area (TPSA) is 120 Å². The van der Waals surface area contributed by atoms with E-state index in [1.165, 1.54) is 947 Å². The van der Waals surface area contributed by atoms with E-state index in [0.29, 0.717) is 11.3 Å². The minimum atomic E-state index is -0.876. The zero-order valence-electron chi connectivity index (χ0n) is 49.4. The maximum absolute atomic E-state index is 13.8. The molecule has 1 N–H and O–H groups in total. The second-order valence-electron chi connectivity index (χ2n) is 6.97. The first-order valence-corrected chi connectivity index (χ1v) is 264. The van der Waals surface area contributed by atoms with Gasteiger partial charge in [-0.05, 0) is 43.2 Å². The van der Waals surface area contributed by atoms with Gasteiger partial charge in [-0.1, -0.05) is 12.1 Å². The summed E-state index contributed by atoms with van der Waals surface area (Å²) in [5.74, 6) is -0.601. The number of carbonyl (C=O) groups excluding carboxylic acids is 2. The van der Waals surface area contributed by atoms with Crippen molar-refractivity contribution in [2.45, 2.75) is 13.8 Å². The van der Waals surface area contributed by atoms with Crippen LogP contribution in [0.25, 0.3) is 22.2 Å². The van der Waals surface area contributed by atoms with E-state index in [0.717, 1.165) is 39.9 Å². The molecule has 4 rings (SSSR count). The van der Waals surface area contributed by atoms with Crippen LogP contribution in [0.2, 0.25) is 0 Å². The summed E-state index contributed by atoms with van der Waals surface area (Å²) in [6.07, 6.45) is 3.88. The molecular weight excluding hydrogens is 1630 g/mol. The molecule has 0 radical (unpaired) electrons. The predicted molar refractivity (Wildman–Crippen MR) is 288 cm³/mol. The Balaban J connectivity index is -0.0000000448. The van der Waals surface area contributed by atoms with Gasteiger partial charge in [-0.2, -0.15) is 14.0 Å². The molecule has 0 spiro atoms. The first kappa shape index (κ1) is 141. The van der Waals surface area contributed by atoms with Gasteiger partial charge in [-0.15, -0.1) is 0 Å². The van der Waals surface area contributed by atoms with Crippen LogP contribution in [0.1, 0.15) is 12.6 Å². The number of aryl methyl sites for hydroxylation is 3. The van der Waals surface area contributed by atoms with Gasteiger partial charge in [-0.25, -0.2) is 9.97 Å². The molecule has 0 unspecified atom stereocenters. The Morgan fingerprint density at radius 2 is 1.02 bits per heavy atom. The number of rotatable bonds is 4. The Morgan fingerprint density at radius 3 is 1.37 bits per heavy atom. The quantitative estimate of drug-likeness (QED) is 0.123. The van der Waals surface area contributed by atoms with Crippen LogP contribution in [0.3, 0.4) is 0 Å². The molecule has 0 bridgehead atoms. The number of nitrogens with zero attached hydrogens (tertiary/aromatic N) is 4. The number of hydrogen-bond donors (Lipinski definition) is 1. The number of nitrogens with one attached hydrogen (secondary N) is 1. The molecule has 0 saturated carbocycles. The van der Waals surface area contributed by atoms with E-state index in [9.17, 15) is 14.5 Å². The number of nitro groups is 1. The minimum absolute atomic E-state index is 0. The number of benzene rings is 2. The van der Waals surface area contributed by atoms with E-state index in [1.807, 2.05) is 49.0 Å². The van der Waals surface area contributed by atoms with Gasteiger partial charge in [0.15, 0.2) is 0 Å². The van der Waals surface area contributed by atoms with Gasteiger partial charge in [-0.3, -0.25) is 10.1 Å². The van der Waals surface area contributed by atoms with E-state index in [-0.39, 0.29) is 64.9 Å². The van der Waals surface area contributed by atoms with Gasteiger partial charge >= 0.3 is 1010 Å². The fourth-order valence-corrected chi connectivity index (χ4v) is 3.44. The molecule has 41 heteroatoms. The van der Waals surface area contributed by atoms with Crippen LogP contribution in [-0.4, -0.2) is 973 Å². The van der Waals surface area contributed by atoms with Crippen molar-refractivity contribution in [1.29, 1.82) is 0 Å². The molecule has 0 atom stereocenters. The van der Waals surface area contributed by atoms with Crippen LogP contribution >= 0.6 is 0 Å². The van der Waals surface area contributed by atoms with Crippen molar-refractivity contribution in [2.75, 3.05) is 5.32 Å². The number of nitro benzene ring substituents is 1. The summed E-state index contributed by atoms with van der Waals surface area (Å²) >= 11 is 37.5. The zero-order valence-corrected chi connectivity index (χ0v) is 145. The third-order valence-electron chi connectivity index (χ3n) is 4.89. The van der Waals surface area contributed by atoms with E-state index in [2.05, 4.69) is 15.3 Å². The first-order chi connectivity index (χ1) is 30.3. The first-order valence-electron chi connectivity index (χ1n) is 24.4. The van der Waals surface area contributed by atoms with Crippen LogP contribution in [0.5, 0.6) is 0 Å². The molecule has 0 aliphatic carbocycles. The summed E-state index contributed by atoms with van der Waals surface area (Å²) in [5.41, 5.74) is 4.21. The summed E-state index contributed by atoms with van der Waals surface area (Å²) in [5, 5.41) is 15.1. The Kier molecular flexibility index (Phi) is 314. The third-order valence-corrected chi connectivity index (χ3v) is 4.89. The Morgan fingerprint density at radius 1 is 0.651 bits per heavy atom. The Hall–Kier alpha value is 46.3. The van der Waals surface area contributed by atoms with Crippen molar-refractivity contribution in [2.24, 2.45) is 7.05 Å². The van der Waals surface area contributed by atoms with Gasteiger partial charge in [0.2, 0.25) is 11.8 Å². The van der Waals surface area contributed by atoms with Crippen LogP contribution in [-0.2, 0) is 16.6 Å². The summed E-state index contributed by atoms with van der Waals surface area (Å²) in [6, 6.07) is 10.2. The van der Waals surface area contributed by atoms with Gasteiger partial charge in [0, 0.05) is 42.0 Å². The molecule has 0 amide bonds. The number of aromatic nitrogens is 3. The van der Waals surface area contributed by atoms with Gasteiger partial charge in [0.05, 0.1) is 16.3 Å². The average molecular weight is 1650 g/mol. The molecule has 0 fully saturated rings. The van der Waals surface area contributed by atoms with Crippen LogP contribution in [0, 0.1) is 29.8 Å². The second kappa shape index (κ2) is 140. The SMILES string of the molecule is Cc1cc(F)c([N+](=O)[O-])cc1Nc1nccc(-c2cn(C)c3cccc(C)c23)n1.O=C=O.[H-].[K+].[K][K].[K][K].[K][K].[K][K].[K][K].[K][K].[K][K].[K][K].[K][K].[K][K].[K][K].[K][K].[K][K].[K][K].[K][K]. The average Bonchev–Trinajstić information content (AvgIpc) is 3.74. The van der Waals surface area contributed by atoms with Crippen molar-refractivity contribution < 1.29 is 71.7 Å². The number of halogens is 1. The molecule has 2 aromatic heterocycles. The molecule has 194 valence electrons. The summed E-state index contributed by atoms with van der Waals surface area (Å²) in [4.78, 5) is 35.3. The Labute approximate surface area is 1110 Å². The number of anilines is 2. The molecule has 9 nitrogen and oxygen atoms in total. The second-order valence-corrected chi connectivity index (χ2v) is 6.97. The van der Waals surface area contributed by atoms with Crippen molar-refractivity contribution in [3.8, 4) is 11.3 Å². The van der Waals surface area contributed by atoms with E-state index in [1.54, 1.807) is 13.1 Å². The van der Waals surface area contributed by atoms with E-state index < -0.39 is 16.4 Å². The number of hydrogen-bond acceptors (Lipinski definition) is 7. The third kappa shape index (κ3) is 101. The molecule has 2 heterocycles. The summed E-state index contributed by atoms with van der Waals surface area (Å²) in [7, 11) is 1.98. The normalized spacial score (nSPS) is 7.11. The summed E-state index contributed by atoms with van der Waals surface area (Å²) < 4.78 is 15.8. The van der Waals surface area contributed by atoms with Crippen molar-refractivity contribution >= 4 is 982 Å². The van der Waals surface area contributed by atoms with Gasteiger partial charge in [0.25, 0.3) is 0 Å². The molecule has 0 saturated heterocycles. The van der Waals surface area contributed by atoms with E-state index in [4.69, 9.17) is 9.59 Å². The molecule has 0 aliphatic rings. The van der Waals surface area contributed by atoms with E-state index >= 15 is 0 Å². The fraction of sp³-hybridized carbons (Fsp3) is 0.136. The predicted octanol–water partition coefficient (Wildman–Crippen LogP) is -9.85. The monoisotopic (exact) mass is 1640 g/mol. The van der Waals surface area contributed by atoms with Gasteiger partial charge in [0.1, 0.15) is 0 Å².